The van der Waals surface area contributed by atoms with Gasteiger partial charge < -0.3 is 9.64 Å². The molecule has 27 heavy (non-hydrogen) atoms. The number of hydrogen-bond acceptors (Lipinski definition) is 5. The van der Waals surface area contributed by atoms with Crippen molar-refractivity contribution < 1.29 is 18.7 Å². The minimum atomic E-state index is -1.03. The van der Waals surface area contributed by atoms with Gasteiger partial charge in [0.25, 0.3) is 5.91 Å². The first-order chi connectivity index (χ1) is 12.9. The van der Waals surface area contributed by atoms with E-state index in [-0.39, 0.29) is 12.1 Å². The topological polar surface area (TPSA) is 62.2 Å². The standard InChI is InChI=1S/C20H20FN3O3/c1-23(2)15-9-7-13(8-10-15)18-12-17(20(26)27-3)19(25)24(22-18)16-6-4-5-14(21)11-16/h4-11,17H,12H2,1-3H3. The summed E-state index contributed by atoms with van der Waals surface area (Å²) in [6, 6.07) is 13.1. The first-order valence-corrected chi connectivity index (χ1v) is 8.43. The van der Waals surface area contributed by atoms with Crippen molar-refractivity contribution in [3.05, 3.63) is 59.9 Å². The molecule has 0 bridgehead atoms. The molecule has 0 aromatic heterocycles. The molecule has 1 aliphatic heterocycles. The predicted octanol–water partition coefficient (Wildman–Crippen LogP) is 2.82. The molecule has 1 amide bonds. The quantitative estimate of drug-likeness (QED) is 0.614. The third-order valence-corrected chi connectivity index (χ3v) is 4.38. The SMILES string of the molecule is COC(=O)C1CC(c2ccc(N(C)C)cc2)=NN(c2cccc(F)c2)C1=O. The molecule has 1 atom stereocenters. The van der Waals surface area contributed by atoms with Gasteiger partial charge in [-0.1, -0.05) is 18.2 Å². The van der Waals surface area contributed by atoms with E-state index in [0.29, 0.717) is 5.71 Å². The highest BCUT2D eigenvalue weighted by Crippen LogP contribution is 2.27. The molecule has 0 saturated heterocycles. The first kappa shape index (κ1) is 18.6. The fraction of sp³-hybridized carbons (Fsp3) is 0.250. The zero-order valence-corrected chi connectivity index (χ0v) is 15.3. The average molecular weight is 369 g/mol. The van der Waals surface area contributed by atoms with E-state index in [9.17, 15) is 14.0 Å². The molecule has 0 aliphatic carbocycles. The normalized spacial score (nSPS) is 16.7. The number of ether oxygens (including phenoxy) is 1. The van der Waals surface area contributed by atoms with Gasteiger partial charge in [0, 0.05) is 26.2 Å². The van der Waals surface area contributed by atoms with E-state index >= 15 is 0 Å². The minimum absolute atomic E-state index is 0.124. The highest BCUT2D eigenvalue weighted by Gasteiger charge is 2.38. The lowest BCUT2D eigenvalue weighted by molar-refractivity contribution is -0.149. The molecule has 1 unspecified atom stereocenters. The third kappa shape index (κ3) is 3.81. The maximum atomic E-state index is 13.6. The van der Waals surface area contributed by atoms with Gasteiger partial charge in [-0.15, -0.1) is 0 Å². The Kier molecular flexibility index (Phi) is 5.21. The predicted molar refractivity (Wildman–Crippen MR) is 101 cm³/mol. The molecule has 7 heteroatoms. The number of nitrogens with zero attached hydrogens (tertiary/aromatic N) is 3. The molecule has 140 valence electrons. The Balaban J connectivity index is 2.04. The lowest BCUT2D eigenvalue weighted by Crippen LogP contribution is -2.43. The van der Waals surface area contributed by atoms with Crippen LogP contribution in [-0.2, 0) is 14.3 Å². The molecule has 0 fully saturated rings. The monoisotopic (exact) mass is 369 g/mol. The second-order valence-corrected chi connectivity index (χ2v) is 6.40. The number of hydrazone groups is 1. The maximum absolute atomic E-state index is 13.6. The number of halogens is 1. The summed E-state index contributed by atoms with van der Waals surface area (Å²) in [7, 11) is 5.11. The summed E-state index contributed by atoms with van der Waals surface area (Å²) in [5.74, 6) is -2.70. The summed E-state index contributed by atoms with van der Waals surface area (Å²) in [5.41, 5.74) is 2.61. The number of rotatable bonds is 4. The lowest BCUT2D eigenvalue weighted by atomic mass is 9.94. The van der Waals surface area contributed by atoms with Gasteiger partial charge in [-0.3, -0.25) is 9.59 Å². The fourth-order valence-electron chi connectivity index (χ4n) is 2.89. The van der Waals surface area contributed by atoms with Crippen molar-refractivity contribution in [3.8, 4) is 0 Å². The van der Waals surface area contributed by atoms with E-state index in [1.807, 2.05) is 43.3 Å². The van der Waals surface area contributed by atoms with Crippen molar-refractivity contribution in [2.75, 3.05) is 31.1 Å². The Labute approximate surface area is 156 Å². The smallest absolute Gasteiger partial charge is 0.318 e. The molecule has 0 radical (unpaired) electrons. The number of anilines is 2. The van der Waals surface area contributed by atoms with Crippen molar-refractivity contribution in [1.82, 2.24) is 0 Å². The second-order valence-electron chi connectivity index (χ2n) is 6.40. The van der Waals surface area contributed by atoms with E-state index < -0.39 is 23.6 Å². The van der Waals surface area contributed by atoms with E-state index in [4.69, 9.17) is 4.74 Å². The number of methoxy groups -OCH3 is 1. The Morgan fingerprint density at radius 2 is 1.93 bits per heavy atom. The number of carbonyl (C=O) groups excluding carboxylic acids is 2. The first-order valence-electron chi connectivity index (χ1n) is 8.43. The van der Waals surface area contributed by atoms with Crippen molar-refractivity contribution >= 4 is 29.0 Å². The van der Waals surface area contributed by atoms with Crippen LogP contribution in [-0.4, -0.2) is 38.8 Å². The van der Waals surface area contributed by atoms with E-state index in [0.717, 1.165) is 16.3 Å². The molecular formula is C20H20FN3O3. The van der Waals surface area contributed by atoms with Gasteiger partial charge in [0.2, 0.25) is 0 Å². The highest BCUT2D eigenvalue weighted by atomic mass is 19.1. The summed E-state index contributed by atoms with van der Waals surface area (Å²) in [5, 5.41) is 5.47. The van der Waals surface area contributed by atoms with Crippen LogP contribution in [0.5, 0.6) is 0 Å². The van der Waals surface area contributed by atoms with Crippen molar-refractivity contribution in [3.63, 3.8) is 0 Å². The van der Waals surface area contributed by atoms with E-state index in [1.54, 1.807) is 6.07 Å². The summed E-state index contributed by atoms with van der Waals surface area (Å²) in [6.07, 6.45) is 0.124. The van der Waals surface area contributed by atoms with E-state index in [2.05, 4.69) is 5.10 Å². The van der Waals surface area contributed by atoms with Gasteiger partial charge in [0.15, 0.2) is 0 Å². The molecule has 2 aromatic carbocycles. The number of benzene rings is 2. The second kappa shape index (κ2) is 7.57. The Hall–Kier alpha value is -3.22. The van der Waals surface area contributed by atoms with Gasteiger partial charge in [-0.05, 0) is 35.9 Å². The van der Waals surface area contributed by atoms with Crippen molar-refractivity contribution in [2.24, 2.45) is 11.0 Å². The molecule has 3 rings (SSSR count). The van der Waals surface area contributed by atoms with Crippen LogP contribution in [0.15, 0.2) is 53.6 Å². The molecular weight excluding hydrogens is 349 g/mol. The molecule has 1 aliphatic rings. The number of amides is 1. The van der Waals surface area contributed by atoms with Gasteiger partial charge in [0.05, 0.1) is 18.5 Å². The van der Waals surface area contributed by atoms with Crippen LogP contribution in [0, 0.1) is 11.7 Å². The number of hydrogen-bond donors (Lipinski definition) is 0. The summed E-state index contributed by atoms with van der Waals surface area (Å²) in [6.45, 7) is 0. The molecule has 2 aromatic rings. The average Bonchev–Trinajstić information content (AvgIpc) is 2.67. The van der Waals surface area contributed by atoms with Crippen LogP contribution in [0.25, 0.3) is 0 Å². The van der Waals surface area contributed by atoms with Crippen LogP contribution < -0.4 is 9.91 Å². The number of carbonyl (C=O) groups is 2. The van der Waals surface area contributed by atoms with Gasteiger partial charge in [-0.2, -0.15) is 10.1 Å². The summed E-state index contributed by atoms with van der Waals surface area (Å²) in [4.78, 5) is 26.8. The maximum Gasteiger partial charge on any atom is 0.318 e. The van der Waals surface area contributed by atoms with Gasteiger partial charge in [-0.25, -0.2) is 4.39 Å². The van der Waals surface area contributed by atoms with Crippen molar-refractivity contribution in [1.29, 1.82) is 0 Å². The largest absolute Gasteiger partial charge is 0.468 e. The molecule has 0 N–H and O–H groups in total. The third-order valence-electron chi connectivity index (χ3n) is 4.38. The highest BCUT2D eigenvalue weighted by molar-refractivity contribution is 6.15. The molecule has 0 spiro atoms. The van der Waals surface area contributed by atoms with Crippen LogP contribution in [0.3, 0.4) is 0 Å². The van der Waals surface area contributed by atoms with E-state index in [1.165, 1.54) is 25.3 Å². The minimum Gasteiger partial charge on any atom is -0.468 e. The zero-order chi connectivity index (χ0) is 19.6. The fourth-order valence-corrected chi connectivity index (χ4v) is 2.89. The molecule has 0 saturated carbocycles. The number of esters is 1. The molecule has 1 heterocycles. The van der Waals surface area contributed by atoms with Crippen LogP contribution in [0.1, 0.15) is 12.0 Å². The zero-order valence-electron chi connectivity index (χ0n) is 15.3. The Bertz CT molecular complexity index is 894. The Morgan fingerprint density at radius 3 is 2.52 bits per heavy atom. The summed E-state index contributed by atoms with van der Waals surface area (Å²) >= 11 is 0. The van der Waals surface area contributed by atoms with Crippen LogP contribution in [0.2, 0.25) is 0 Å². The van der Waals surface area contributed by atoms with Crippen LogP contribution >= 0.6 is 0 Å². The van der Waals surface area contributed by atoms with Gasteiger partial charge >= 0.3 is 5.97 Å². The molecule has 6 nitrogen and oxygen atoms in total. The van der Waals surface area contributed by atoms with Crippen molar-refractivity contribution in [2.45, 2.75) is 6.42 Å². The van der Waals surface area contributed by atoms with Crippen LogP contribution in [0.4, 0.5) is 15.8 Å². The lowest BCUT2D eigenvalue weighted by Gasteiger charge is -2.28. The van der Waals surface area contributed by atoms with Gasteiger partial charge in [0.1, 0.15) is 11.7 Å². The Morgan fingerprint density at radius 1 is 1.22 bits per heavy atom. The summed E-state index contributed by atoms with van der Waals surface area (Å²) < 4.78 is 18.4.